The summed E-state index contributed by atoms with van der Waals surface area (Å²) in [7, 11) is 4.68. The van der Waals surface area contributed by atoms with Crippen molar-refractivity contribution in [2.24, 2.45) is 0 Å². The zero-order chi connectivity index (χ0) is 22.0. The van der Waals surface area contributed by atoms with Gasteiger partial charge in [0.05, 0.1) is 34.0 Å². The van der Waals surface area contributed by atoms with Crippen molar-refractivity contribution < 1.29 is 28.2 Å². The first-order chi connectivity index (χ1) is 15.0. The van der Waals surface area contributed by atoms with Crippen molar-refractivity contribution in [1.82, 2.24) is 10.4 Å². The Labute approximate surface area is 179 Å². The fraction of sp³-hybridized carbons (Fsp3) is 0.217. The predicted molar refractivity (Wildman–Crippen MR) is 111 cm³/mol. The molecule has 2 heterocycles. The van der Waals surface area contributed by atoms with Crippen LogP contribution in [0, 0.1) is 0 Å². The van der Waals surface area contributed by atoms with Crippen molar-refractivity contribution in [3.8, 4) is 17.2 Å². The van der Waals surface area contributed by atoms with Crippen LogP contribution in [0.5, 0.6) is 17.2 Å². The van der Waals surface area contributed by atoms with E-state index in [-0.39, 0.29) is 18.1 Å². The van der Waals surface area contributed by atoms with Crippen LogP contribution in [0.25, 0.3) is 0 Å². The number of hydrogen-bond acceptors (Lipinski definition) is 6. The lowest BCUT2D eigenvalue weighted by Gasteiger charge is -2.37. The third-order valence-electron chi connectivity index (χ3n) is 5.21. The molecule has 1 atom stereocenters. The van der Waals surface area contributed by atoms with Crippen LogP contribution in [-0.4, -0.2) is 38.2 Å². The van der Waals surface area contributed by atoms with Gasteiger partial charge in [-0.3, -0.25) is 15.0 Å². The van der Waals surface area contributed by atoms with Crippen LogP contribution in [0.1, 0.15) is 33.3 Å². The number of nitrogens with one attached hydrogen (secondary N) is 1. The molecular formula is C23H22N2O6. The van der Waals surface area contributed by atoms with Crippen LogP contribution >= 0.6 is 0 Å². The molecule has 0 spiro atoms. The van der Waals surface area contributed by atoms with Gasteiger partial charge in [0.2, 0.25) is 5.91 Å². The molecule has 2 aromatic carbocycles. The predicted octanol–water partition coefficient (Wildman–Crippen LogP) is 3.12. The van der Waals surface area contributed by atoms with E-state index in [2.05, 4.69) is 5.43 Å². The number of fused-ring (bicyclic) bond motifs is 1. The maximum atomic E-state index is 13.1. The van der Waals surface area contributed by atoms with Crippen molar-refractivity contribution >= 4 is 11.8 Å². The van der Waals surface area contributed by atoms with Crippen molar-refractivity contribution in [1.29, 1.82) is 0 Å². The molecule has 1 aromatic heterocycles. The number of furan rings is 1. The van der Waals surface area contributed by atoms with E-state index >= 15 is 0 Å². The lowest BCUT2D eigenvalue weighted by atomic mass is 9.88. The van der Waals surface area contributed by atoms with Crippen LogP contribution < -0.4 is 19.6 Å². The Bertz CT molecular complexity index is 1090. The topological polar surface area (TPSA) is 90.2 Å². The van der Waals surface area contributed by atoms with Gasteiger partial charge < -0.3 is 18.6 Å². The van der Waals surface area contributed by atoms with Gasteiger partial charge in [-0.25, -0.2) is 5.01 Å². The first-order valence-electron chi connectivity index (χ1n) is 9.61. The second kappa shape index (κ2) is 8.43. The Hall–Kier alpha value is -3.94. The second-order valence-electron chi connectivity index (χ2n) is 6.94. The van der Waals surface area contributed by atoms with Crippen molar-refractivity contribution in [3.05, 3.63) is 77.2 Å². The van der Waals surface area contributed by atoms with Crippen LogP contribution in [-0.2, 0) is 11.2 Å². The van der Waals surface area contributed by atoms with Gasteiger partial charge in [-0.2, -0.15) is 0 Å². The largest absolute Gasteiger partial charge is 0.497 e. The average molecular weight is 422 g/mol. The number of hydrogen-bond donors (Lipinski definition) is 1. The van der Waals surface area contributed by atoms with Crippen LogP contribution in [0.2, 0.25) is 0 Å². The van der Waals surface area contributed by atoms with Gasteiger partial charge in [-0.05, 0) is 53.1 Å². The summed E-state index contributed by atoms with van der Waals surface area (Å²) >= 11 is 0. The SMILES string of the molecule is COc1ccc([C@@H]2c3cc(OC)c(OC)cc3CC(=O)N2NC(=O)c2ccco2)cc1. The van der Waals surface area contributed by atoms with E-state index in [1.165, 1.54) is 17.3 Å². The molecule has 8 nitrogen and oxygen atoms in total. The van der Waals surface area contributed by atoms with Crippen molar-refractivity contribution in [2.75, 3.05) is 21.3 Å². The molecule has 1 aliphatic rings. The average Bonchev–Trinajstić information content (AvgIpc) is 3.34. The fourth-order valence-electron chi connectivity index (χ4n) is 3.69. The van der Waals surface area contributed by atoms with Crippen LogP contribution in [0.3, 0.4) is 0 Å². The number of hydrazine groups is 1. The molecule has 0 unspecified atom stereocenters. The number of methoxy groups -OCH3 is 3. The third-order valence-corrected chi connectivity index (χ3v) is 5.21. The molecule has 0 saturated carbocycles. The summed E-state index contributed by atoms with van der Waals surface area (Å²) in [5.41, 5.74) is 5.12. The molecule has 8 heteroatoms. The minimum Gasteiger partial charge on any atom is -0.497 e. The molecule has 0 bridgehead atoms. The maximum Gasteiger partial charge on any atom is 0.305 e. The lowest BCUT2D eigenvalue weighted by molar-refractivity contribution is -0.136. The summed E-state index contributed by atoms with van der Waals surface area (Å²) < 4.78 is 21.3. The van der Waals surface area contributed by atoms with Gasteiger partial charge in [0.25, 0.3) is 0 Å². The molecule has 1 aliphatic heterocycles. The first kappa shape index (κ1) is 20.3. The van der Waals surface area contributed by atoms with Gasteiger partial charge in [0, 0.05) is 0 Å². The number of benzene rings is 2. The third kappa shape index (κ3) is 3.79. The summed E-state index contributed by atoms with van der Waals surface area (Å²) in [4.78, 5) is 25.8. The molecule has 31 heavy (non-hydrogen) atoms. The highest BCUT2D eigenvalue weighted by atomic mass is 16.5. The summed E-state index contributed by atoms with van der Waals surface area (Å²) in [6, 6.07) is 13.5. The van der Waals surface area contributed by atoms with E-state index in [0.717, 1.165) is 16.7 Å². The van der Waals surface area contributed by atoms with Gasteiger partial charge in [-0.1, -0.05) is 12.1 Å². The van der Waals surface area contributed by atoms with E-state index in [1.807, 2.05) is 18.2 Å². The monoisotopic (exact) mass is 422 g/mol. The fourth-order valence-corrected chi connectivity index (χ4v) is 3.69. The first-order valence-corrected chi connectivity index (χ1v) is 9.61. The Kier molecular flexibility index (Phi) is 5.53. The van der Waals surface area contributed by atoms with Crippen molar-refractivity contribution in [2.45, 2.75) is 12.5 Å². The number of nitrogens with zero attached hydrogens (tertiary/aromatic N) is 1. The van der Waals surface area contributed by atoms with Gasteiger partial charge >= 0.3 is 5.91 Å². The molecule has 4 rings (SSSR count). The maximum absolute atomic E-state index is 13.1. The highest BCUT2D eigenvalue weighted by molar-refractivity contribution is 5.94. The molecule has 0 aliphatic carbocycles. The number of carbonyl (C=O) groups excluding carboxylic acids is 2. The lowest BCUT2D eigenvalue weighted by Crippen LogP contribution is -2.51. The number of rotatable bonds is 6. The summed E-state index contributed by atoms with van der Waals surface area (Å²) in [5.74, 6) is 1.09. The smallest absolute Gasteiger partial charge is 0.305 e. The summed E-state index contributed by atoms with van der Waals surface area (Å²) in [5, 5.41) is 1.33. The minimum atomic E-state index is -0.583. The Morgan fingerprint density at radius 3 is 2.35 bits per heavy atom. The molecule has 160 valence electrons. The second-order valence-corrected chi connectivity index (χ2v) is 6.94. The molecule has 0 radical (unpaired) electrons. The van der Waals surface area contributed by atoms with Gasteiger partial charge in [-0.15, -0.1) is 0 Å². The zero-order valence-corrected chi connectivity index (χ0v) is 17.4. The standard InChI is InChI=1S/C23H22N2O6/c1-28-16-8-6-14(7-9-16)22-17-13-20(30-3)19(29-2)11-15(17)12-21(26)25(22)24-23(27)18-5-4-10-31-18/h4-11,13,22H,12H2,1-3H3,(H,24,27)/t22-/m1/s1. The quantitative estimate of drug-likeness (QED) is 0.657. The number of amides is 2. The molecule has 0 fully saturated rings. The van der Waals surface area contributed by atoms with Crippen LogP contribution in [0.4, 0.5) is 0 Å². The van der Waals surface area contributed by atoms with E-state index in [1.54, 1.807) is 45.6 Å². The van der Waals surface area contributed by atoms with E-state index in [0.29, 0.717) is 17.2 Å². The molecule has 3 aromatic rings. The van der Waals surface area contributed by atoms with Gasteiger partial charge in [0.1, 0.15) is 11.8 Å². The minimum absolute atomic E-state index is 0.0980. The summed E-state index contributed by atoms with van der Waals surface area (Å²) in [6.07, 6.45) is 1.50. The number of carbonyl (C=O) groups is 2. The Morgan fingerprint density at radius 2 is 1.74 bits per heavy atom. The molecule has 2 amide bonds. The van der Waals surface area contributed by atoms with E-state index in [9.17, 15) is 9.59 Å². The molecule has 1 N–H and O–H groups in total. The summed E-state index contributed by atoms with van der Waals surface area (Å²) in [6.45, 7) is 0. The van der Waals surface area contributed by atoms with E-state index < -0.39 is 11.9 Å². The van der Waals surface area contributed by atoms with Crippen LogP contribution in [0.15, 0.2) is 59.2 Å². The Balaban J connectivity index is 1.81. The Morgan fingerprint density at radius 1 is 1.03 bits per heavy atom. The zero-order valence-electron chi connectivity index (χ0n) is 17.4. The normalized spacial score (nSPS) is 15.3. The molecular weight excluding hydrogens is 400 g/mol. The molecule has 0 saturated heterocycles. The van der Waals surface area contributed by atoms with Crippen molar-refractivity contribution in [3.63, 3.8) is 0 Å². The highest BCUT2D eigenvalue weighted by Crippen LogP contribution is 2.41. The van der Waals surface area contributed by atoms with Gasteiger partial charge in [0.15, 0.2) is 17.3 Å². The number of ether oxygens (including phenoxy) is 3. The highest BCUT2D eigenvalue weighted by Gasteiger charge is 2.36. The van der Waals surface area contributed by atoms with E-state index in [4.69, 9.17) is 18.6 Å².